The van der Waals surface area contributed by atoms with Crippen LogP contribution in [0.3, 0.4) is 0 Å². The van der Waals surface area contributed by atoms with Crippen LogP contribution in [0, 0.1) is 5.41 Å². The second-order valence-corrected chi connectivity index (χ2v) is 6.25. The van der Waals surface area contributed by atoms with Crippen molar-refractivity contribution in [2.24, 2.45) is 5.41 Å². The molecule has 0 bridgehead atoms. The Kier molecular flexibility index (Phi) is 3.60. The van der Waals surface area contributed by atoms with Crippen molar-refractivity contribution in [3.63, 3.8) is 0 Å². The van der Waals surface area contributed by atoms with Crippen LogP contribution in [0.4, 0.5) is 0 Å². The highest BCUT2D eigenvalue weighted by Crippen LogP contribution is 2.56. The average Bonchev–Trinajstić information content (AvgIpc) is 2.70. The van der Waals surface area contributed by atoms with Gasteiger partial charge in [-0.1, -0.05) is 43.7 Å². The number of fused-ring (bicyclic) bond motifs is 3. The van der Waals surface area contributed by atoms with Gasteiger partial charge in [0, 0.05) is 0 Å². The first kappa shape index (κ1) is 13.7. The van der Waals surface area contributed by atoms with Gasteiger partial charge >= 0.3 is 0 Å². The molecule has 0 aliphatic heterocycles. The van der Waals surface area contributed by atoms with E-state index in [9.17, 15) is 0 Å². The molecule has 0 spiro atoms. The van der Waals surface area contributed by atoms with Crippen LogP contribution in [0.5, 0.6) is 0 Å². The molecule has 3 rings (SSSR count). The molecule has 2 aliphatic carbocycles. The number of hydrogen-bond donors (Lipinski definition) is 0. The van der Waals surface area contributed by atoms with Crippen molar-refractivity contribution in [1.29, 1.82) is 0 Å². The smallest absolute Gasteiger partial charge is 0.0105 e. The van der Waals surface area contributed by atoms with E-state index >= 15 is 0 Å². The molecule has 0 saturated heterocycles. The van der Waals surface area contributed by atoms with Gasteiger partial charge in [0.05, 0.1) is 0 Å². The molecule has 18 heavy (non-hydrogen) atoms. The lowest BCUT2D eigenvalue weighted by atomic mass is 9.66. The summed E-state index contributed by atoms with van der Waals surface area (Å²) in [6.07, 6.45) is 6.86. The molecule has 1 heteroatoms. The summed E-state index contributed by atoms with van der Waals surface area (Å²) >= 11 is 0. The molecule has 2 atom stereocenters. The van der Waals surface area contributed by atoms with Crippen LogP contribution in [0.1, 0.15) is 62.1 Å². The zero-order chi connectivity index (χ0) is 12.0. The van der Waals surface area contributed by atoms with Gasteiger partial charge < -0.3 is 0 Å². The van der Waals surface area contributed by atoms with Crippen molar-refractivity contribution in [3.05, 3.63) is 41.5 Å². The lowest BCUT2D eigenvalue weighted by molar-refractivity contribution is 0.252. The zero-order valence-corrected chi connectivity index (χ0v) is 12.3. The fraction of sp³-hybridized carbons (Fsp3) is 0.529. The number of hydrogen-bond acceptors (Lipinski definition) is 0. The van der Waals surface area contributed by atoms with Crippen molar-refractivity contribution in [2.75, 3.05) is 0 Å². The van der Waals surface area contributed by atoms with Crippen LogP contribution in [0.15, 0.2) is 24.8 Å². The number of benzene rings is 1. The summed E-state index contributed by atoms with van der Waals surface area (Å²) in [6, 6.07) is 6.85. The van der Waals surface area contributed by atoms with Crippen molar-refractivity contribution in [3.8, 4) is 0 Å². The highest BCUT2D eigenvalue weighted by molar-refractivity contribution is 5.85. The van der Waals surface area contributed by atoms with Crippen LogP contribution >= 0.6 is 12.4 Å². The SMILES string of the molecule is C=C(C)c1cccc2c1CC[C@@]1(C)CCC[C@H]21.Cl. The summed E-state index contributed by atoms with van der Waals surface area (Å²) in [5.41, 5.74) is 6.46. The quantitative estimate of drug-likeness (QED) is 0.639. The summed E-state index contributed by atoms with van der Waals surface area (Å²) < 4.78 is 0. The van der Waals surface area contributed by atoms with Gasteiger partial charge in [-0.05, 0) is 60.6 Å². The largest absolute Gasteiger partial charge is 0.147 e. The van der Waals surface area contributed by atoms with E-state index in [0.29, 0.717) is 5.41 Å². The van der Waals surface area contributed by atoms with E-state index in [1.165, 1.54) is 43.2 Å². The monoisotopic (exact) mass is 262 g/mol. The predicted octanol–water partition coefficient (Wildman–Crippen LogP) is 5.36. The van der Waals surface area contributed by atoms with E-state index in [-0.39, 0.29) is 12.4 Å². The Balaban J connectivity index is 0.00000120. The molecule has 0 heterocycles. The molecule has 1 fully saturated rings. The number of allylic oxidation sites excluding steroid dienone is 1. The van der Waals surface area contributed by atoms with Gasteiger partial charge in [0.15, 0.2) is 0 Å². The standard InChI is InChI=1S/C17H22.ClH/c1-12(2)13-6-4-7-15-14(13)9-11-17(3)10-5-8-16(15)17;/h4,6-7,16H,1,5,8-11H2,2-3H3;1H/t16-,17-;/m1./s1. The maximum atomic E-state index is 4.14. The molecule has 0 unspecified atom stereocenters. The minimum Gasteiger partial charge on any atom is -0.147 e. The van der Waals surface area contributed by atoms with E-state index in [1.54, 1.807) is 11.1 Å². The third-order valence-corrected chi connectivity index (χ3v) is 5.08. The molecule has 98 valence electrons. The maximum Gasteiger partial charge on any atom is -0.0105 e. The number of halogens is 1. The summed E-state index contributed by atoms with van der Waals surface area (Å²) in [7, 11) is 0. The Morgan fingerprint density at radius 2 is 2.11 bits per heavy atom. The molecule has 2 aliphatic rings. The van der Waals surface area contributed by atoms with E-state index in [2.05, 4.69) is 38.6 Å². The third-order valence-electron chi connectivity index (χ3n) is 5.08. The summed E-state index contributed by atoms with van der Waals surface area (Å²) in [5, 5.41) is 0. The molecule has 0 amide bonds. The zero-order valence-electron chi connectivity index (χ0n) is 11.5. The first-order valence-electron chi connectivity index (χ1n) is 6.89. The second kappa shape index (κ2) is 4.74. The van der Waals surface area contributed by atoms with E-state index in [4.69, 9.17) is 0 Å². The molecular formula is C17H23Cl. The fourth-order valence-electron chi connectivity index (χ4n) is 4.08. The highest BCUT2D eigenvalue weighted by Gasteiger charge is 2.43. The van der Waals surface area contributed by atoms with Gasteiger partial charge in [-0.25, -0.2) is 0 Å². The van der Waals surface area contributed by atoms with Gasteiger partial charge in [0.25, 0.3) is 0 Å². The lowest BCUT2D eigenvalue weighted by Crippen LogP contribution is -2.27. The number of rotatable bonds is 1. The molecule has 1 saturated carbocycles. The van der Waals surface area contributed by atoms with E-state index < -0.39 is 0 Å². The Bertz CT molecular complexity index is 474. The van der Waals surface area contributed by atoms with Crippen LogP contribution in [-0.4, -0.2) is 0 Å². The van der Waals surface area contributed by atoms with Crippen LogP contribution in [-0.2, 0) is 6.42 Å². The predicted molar refractivity (Wildman–Crippen MR) is 81.4 cm³/mol. The fourth-order valence-corrected chi connectivity index (χ4v) is 4.08. The molecule has 1 aromatic carbocycles. The van der Waals surface area contributed by atoms with Crippen molar-refractivity contribution in [2.45, 2.75) is 51.9 Å². The summed E-state index contributed by atoms with van der Waals surface area (Å²) in [6.45, 7) is 8.77. The summed E-state index contributed by atoms with van der Waals surface area (Å²) in [5.74, 6) is 0.811. The Morgan fingerprint density at radius 1 is 1.33 bits per heavy atom. The van der Waals surface area contributed by atoms with Gasteiger partial charge in [-0.3, -0.25) is 0 Å². The van der Waals surface area contributed by atoms with Gasteiger partial charge in [0.1, 0.15) is 0 Å². The summed E-state index contributed by atoms with van der Waals surface area (Å²) in [4.78, 5) is 0. The van der Waals surface area contributed by atoms with Crippen LogP contribution < -0.4 is 0 Å². The third kappa shape index (κ3) is 1.91. The molecule has 0 aromatic heterocycles. The lowest BCUT2D eigenvalue weighted by Gasteiger charge is -2.38. The molecular weight excluding hydrogens is 240 g/mol. The van der Waals surface area contributed by atoms with Crippen LogP contribution in [0.2, 0.25) is 0 Å². The van der Waals surface area contributed by atoms with Gasteiger partial charge in [0.2, 0.25) is 0 Å². The Hall–Kier alpha value is -0.750. The minimum atomic E-state index is 0. The molecule has 0 radical (unpaired) electrons. The highest BCUT2D eigenvalue weighted by atomic mass is 35.5. The molecule has 1 aromatic rings. The minimum absolute atomic E-state index is 0. The normalized spacial score (nSPS) is 29.1. The van der Waals surface area contributed by atoms with E-state index in [1.807, 2.05) is 0 Å². The average molecular weight is 263 g/mol. The van der Waals surface area contributed by atoms with Crippen molar-refractivity contribution < 1.29 is 0 Å². The van der Waals surface area contributed by atoms with Crippen molar-refractivity contribution in [1.82, 2.24) is 0 Å². The Labute approximate surface area is 117 Å². The first-order chi connectivity index (χ1) is 8.12. The molecule has 0 N–H and O–H groups in total. The van der Waals surface area contributed by atoms with Gasteiger partial charge in [-0.15, -0.1) is 12.4 Å². The Morgan fingerprint density at radius 3 is 2.83 bits per heavy atom. The van der Waals surface area contributed by atoms with Gasteiger partial charge in [-0.2, -0.15) is 0 Å². The first-order valence-corrected chi connectivity index (χ1v) is 6.89. The van der Waals surface area contributed by atoms with Crippen LogP contribution in [0.25, 0.3) is 5.57 Å². The molecule has 0 nitrogen and oxygen atoms in total. The maximum absolute atomic E-state index is 4.14. The van der Waals surface area contributed by atoms with Crippen molar-refractivity contribution >= 4 is 18.0 Å². The second-order valence-electron chi connectivity index (χ2n) is 6.25. The topological polar surface area (TPSA) is 0 Å². The van der Waals surface area contributed by atoms with E-state index in [0.717, 1.165) is 5.92 Å².